The molecule has 1 heterocycles. The highest BCUT2D eigenvalue weighted by molar-refractivity contribution is 6.02. The molecule has 0 fully saturated rings. The van der Waals surface area contributed by atoms with E-state index in [1.54, 1.807) is 6.07 Å². The topological polar surface area (TPSA) is 30.8 Å². The van der Waals surface area contributed by atoms with Crippen LogP contribution in [0.2, 0.25) is 0 Å². The minimum Gasteiger partial charge on any atom is -0.497 e. The maximum Gasteiger partial charge on any atom is 0.220 e. The minimum absolute atomic E-state index is 0.118. The van der Waals surface area contributed by atoms with E-state index in [0.717, 1.165) is 0 Å². The van der Waals surface area contributed by atoms with Crippen molar-refractivity contribution < 1.29 is 27.0 Å². The Morgan fingerprint density at radius 3 is 2.30 bits per heavy atom. The molecule has 0 aromatic heterocycles. The number of methoxy groups -OCH3 is 1. The lowest BCUT2D eigenvalue weighted by Crippen LogP contribution is -2.12. The Hall–Kier alpha value is -2.57. The van der Waals surface area contributed by atoms with E-state index in [1.807, 2.05) is 0 Å². The van der Waals surface area contributed by atoms with Gasteiger partial charge < -0.3 is 9.47 Å². The van der Waals surface area contributed by atoms with Crippen LogP contribution >= 0.6 is 0 Å². The molecule has 120 valence electrons. The van der Waals surface area contributed by atoms with Crippen LogP contribution < -0.4 is 4.74 Å². The molecule has 3 rings (SSSR count). The van der Waals surface area contributed by atoms with Gasteiger partial charge in [0.15, 0.2) is 23.3 Å². The Balaban J connectivity index is 2.33. The van der Waals surface area contributed by atoms with E-state index in [2.05, 4.69) is 4.99 Å². The first-order valence-electron chi connectivity index (χ1n) is 6.72. The summed E-state index contributed by atoms with van der Waals surface area (Å²) in [6, 6.07) is 5.92. The maximum atomic E-state index is 14.3. The highest BCUT2D eigenvalue weighted by Gasteiger charge is 2.30. The summed E-state index contributed by atoms with van der Waals surface area (Å²) in [6.45, 7) is 0.389. The van der Waals surface area contributed by atoms with Gasteiger partial charge in [-0.25, -0.2) is 22.6 Å². The van der Waals surface area contributed by atoms with Crippen molar-refractivity contribution in [3.63, 3.8) is 0 Å². The van der Waals surface area contributed by atoms with Gasteiger partial charge in [0.1, 0.15) is 12.4 Å². The molecule has 0 spiro atoms. The summed E-state index contributed by atoms with van der Waals surface area (Å²) >= 11 is 0. The lowest BCUT2D eigenvalue weighted by atomic mass is 9.97. The van der Waals surface area contributed by atoms with Crippen LogP contribution in [0.25, 0.3) is 11.1 Å². The Morgan fingerprint density at radius 1 is 1.00 bits per heavy atom. The Kier molecular flexibility index (Phi) is 3.94. The maximum absolute atomic E-state index is 14.3. The third-order valence-electron chi connectivity index (χ3n) is 3.42. The highest BCUT2D eigenvalue weighted by Crippen LogP contribution is 2.35. The molecule has 0 saturated heterocycles. The molecule has 2 aromatic carbocycles. The zero-order valence-electron chi connectivity index (χ0n) is 12.0. The molecule has 0 N–H and O–H groups in total. The van der Waals surface area contributed by atoms with E-state index >= 15 is 0 Å². The van der Waals surface area contributed by atoms with Gasteiger partial charge in [-0.15, -0.1) is 0 Å². The van der Waals surface area contributed by atoms with Crippen LogP contribution in [0.3, 0.4) is 0 Å². The fraction of sp³-hybridized carbons (Fsp3) is 0.188. The van der Waals surface area contributed by atoms with Gasteiger partial charge in [0.25, 0.3) is 0 Å². The summed E-state index contributed by atoms with van der Waals surface area (Å²) < 4.78 is 66.0. The van der Waals surface area contributed by atoms with Crippen molar-refractivity contribution in [1.82, 2.24) is 0 Å². The number of rotatable bonds is 3. The van der Waals surface area contributed by atoms with E-state index in [9.17, 15) is 17.6 Å². The van der Waals surface area contributed by atoms with Gasteiger partial charge in [-0.05, 0) is 17.7 Å². The third-order valence-corrected chi connectivity index (χ3v) is 3.42. The first-order valence-corrected chi connectivity index (χ1v) is 6.72. The molecule has 0 bridgehead atoms. The number of halogens is 4. The molecule has 0 amide bonds. The zero-order valence-corrected chi connectivity index (χ0v) is 12.0. The van der Waals surface area contributed by atoms with Gasteiger partial charge in [0, 0.05) is 5.56 Å². The minimum atomic E-state index is -1.90. The SMILES string of the molecule is COc1cccc(-c2c(F)c(F)c(F)c(F)c2C2=NCCO2)c1. The summed E-state index contributed by atoms with van der Waals surface area (Å²) in [6.07, 6.45) is 0. The van der Waals surface area contributed by atoms with Crippen molar-refractivity contribution in [1.29, 1.82) is 0 Å². The predicted molar refractivity (Wildman–Crippen MR) is 75.6 cm³/mol. The van der Waals surface area contributed by atoms with Crippen molar-refractivity contribution in [3.8, 4) is 16.9 Å². The molecule has 3 nitrogen and oxygen atoms in total. The molecule has 2 aromatic rings. The summed E-state index contributed by atoms with van der Waals surface area (Å²) in [5, 5.41) is 0. The molecule has 1 aliphatic heterocycles. The third kappa shape index (κ3) is 2.52. The number of hydrogen-bond acceptors (Lipinski definition) is 3. The molecule has 0 aliphatic carbocycles. The molecule has 0 saturated carbocycles. The Morgan fingerprint density at radius 2 is 1.70 bits per heavy atom. The average Bonchev–Trinajstić information content (AvgIpc) is 3.10. The molecule has 0 radical (unpaired) electrons. The van der Waals surface area contributed by atoms with Crippen molar-refractivity contribution in [2.45, 2.75) is 0 Å². The van der Waals surface area contributed by atoms with Gasteiger partial charge in [-0.1, -0.05) is 12.1 Å². The van der Waals surface area contributed by atoms with E-state index in [1.165, 1.54) is 25.3 Å². The van der Waals surface area contributed by atoms with Crippen molar-refractivity contribution in [2.75, 3.05) is 20.3 Å². The van der Waals surface area contributed by atoms with Crippen LogP contribution in [0.4, 0.5) is 17.6 Å². The molecular weight excluding hydrogens is 314 g/mol. The number of benzene rings is 2. The number of ether oxygens (including phenoxy) is 2. The van der Waals surface area contributed by atoms with E-state index in [4.69, 9.17) is 9.47 Å². The van der Waals surface area contributed by atoms with Crippen LogP contribution in [0.5, 0.6) is 5.75 Å². The summed E-state index contributed by atoms with van der Waals surface area (Å²) in [5.74, 6) is -6.73. The average molecular weight is 325 g/mol. The van der Waals surface area contributed by atoms with E-state index < -0.39 is 34.4 Å². The van der Waals surface area contributed by atoms with Crippen molar-refractivity contribution >= 4 is 5.90 Å². The molecular formula is C16H11F4NO2. The van der Waals surface area contributed by atoms with E-state index in [0.29, 0.717) is 5.75 Å². The molecule has 7 heteroatoms. The molecule has 23 heavy (non-hydrogen) atoms. The van der Waals surface area contributed by atoms with Crippen LogP contribution in [0.1, 0.15) is 5.56 Å². The first kappa shape index (κ1) is 15.3. The van der Waals surface area contributed by atoms with Crippen molar-refractivity contribution in [3.05, 3.63) is 53.1 Å². The lowest BCUT2D eigenvalue weighted by Gasteiger charge is -2.14. The normalized spacial score (nSPS) is 13.7. The standard InChI is InChI=1S/C16H11F4NO2/c1-22-9-4-2-3-8(7-9)10-11(16-21-5-6-23-16)13(18)15(20)14(19)12(10)17/h2-4,7H,5-6H2,1H3. The Bertz CT molecular complexity index is 805. The van der Waals surface area contributed by atoms with Gasteiger partial charge >= 0.3 is 0 Å². The summed E-state index contributed by atoms with van der Waals surface area (Å²) in [5.41, 5.74) is -0.874. The number of nitrogens with zero attached hydrogens (tertiary/aromatic N) is 1. The lowest BCUT2D eigenvalue weighted by molar-refractivity contribution is 0.344. The highest BCUT2D eigenvalue weighted by atomic mass is 19.2. The van der Waals surface area contributed by atoms with Crippen LogP contribution in [-0.2, 0) is 4.74 Å². The second kappa shape index (κ2) is 5.91. The van der Waals surface area contributed by atoms with Crippen LogP contribution in [0, 0.1) is 23.3 Å². The van der Waals surface area contributed by atoms with Gasteiger partial charge in [-0.2, -0.15) is 0 Å². The van der Waals surface area contributed by atoms with Crippen LogP contribution in [0.15, 0.2) is 29.3 Å². The summed E-state index contributed by atoms with van der Waals surface area (Å²) in [4.78, 5) is 3.87. The van der Waals surface area contributed by atoms with E-state index in [-0.39, 0.29) is 24.6 Å². The molecule has 1 aliphatic rings. The predicted octanol–water partition coefficient (Wildman–Crippen LogP) is 3.70. The summed E-state index contributed by atoms with van der Waals surface area (Å²) in [7, 11) is 1.40. The zero-order chi connectivity index (χ0) is 16.6. The van der Waals surface area contributed by atoms with Gasteiger partial charge in [0.2, 0.25) is 5.90 Å². The Labute approximate surface area is 129 Å². The smallest absolute Gasteiger partial charge is 0.220 e. The molecule has 0 atom stereocenters. The fourth-order valence-corrected chi connectivity index (χ4v) is 2.37. The largest absolute Gasteiger partial charge is 0.497 e. The monoisotopic (exact) mass is 325 g/mol. The number of aliphatic imine (C=N–C) groups is 1. The first-order chi connectivity index (χ1) is 11.0. The van der Waals surface area contributed by atoms with Crippen molar-refractivity contribution in [2.24, 2.45) is 4.99 Å². The van der Waals surface area contributed by atoms with Gasteiger partial charge in [-0.3, -0.25) is 0 Å². The quantitative estimate of drug-likeness (QED) is 0.489. The van der Waals surface area contributed by atoms with Crippen LogP contribution in [-0.4, -0.2) is 26.2 Å². The molecule has 0 unspecified atom stereocenters. The number of hydrogen-bond donors (Lipinski definition) is 0. The fourth-order valence-electron chi connectivity index (χ4n) is 2.37. The second-order valence-electron chi connectivity index (χ2n) is 4.77. The second-order valence-corrected chi connectivity index (χ2v) is 4.77. The van der Waals surface area contributed by atoms with Gasteiger partial charge in [0.05, 0.1) is 19.2 Å².